The van der Waals surface area contributed by atoms with Gasteiger partial charge in [0, 0.05) is 29.6 Å². The van der Waals surface area contributed by atoms with E-state index < -0.39 is 0 Å². The zero-order valence-corrected chi connectivity index (χ0v) is 15.9. The minimum atomic E-state index is -0.0463. The van der Waals surface area contributed by atoms with Gasteiger partial charge >= 0.3 is 0 Å². The van der Waals surface area contributed by atoms with Crippen LogP contribution in [-0.4, -0.2) is 41.0 Å². The maximum Gasteiger partial charge on any atom is 0.251 e. The first kappa shape index (κ1) is 18.2. The largest absolute Gasteiger partial charge is 0.350 e. The number of hydrogen-bond donors (Lipinski definition) is 1. The topological polar surface area (TPSA) is 45.2 Å². The molecule has 0 bridgehead atoms. The summed E-state index contributed by atoms with van der Waals surface area (Å²) in [6.45, 7) is 9.56. The van der Waals surface area contributed by atoms with E-state index >= 15 is 0 Å². The maximum absolute atomic E-state index is 12.6. The minimum absolute atomic E-state index is 0.0454. The van der Waals surface area contributed by atoms with E-state index in [1.807, 2.05) is 18.2 Å². The van der Waals surface area contributed by atoms with Crippen LogP contribution in [0.1, 0.15) is 44.0 Å². The van der Waals surface area contributed by atoms with Crippen molar-refractivity contribution in [3.8, 4) is 0 Å². The van der Waals surface area contributed by atoms with Gasteiger partial charge in [0.05, 0.1) is 5.52 Å². The van der Waals surface area contributed by atoms with Crippen LogP contribution >= 0.6 is 11.6 Å². The first-order chi connectivity index (χ1) is 11.8. The number of fused-ring (bicyclic) bond motifs is 1. The molecule has 1 fully saturated rings. The lowest BCUT2D eigenvalue weighted by molar-refractivity contribution is 0.0657. The molecule has 0 aliphatic carbocycles. The zero-order chi connectivity index (χ0) is 18.0. The lowest BCUT2D eigenvalue weighted by Crippen LogP contribution is -2.54. The van der Waals surface area contributed by atoms with Crippen molar-refractivity contribution in [3.05, 3.63) is 41.0 Å². The lowest BCUT2D eigenvalue weighted by atomic mass is 9.93. The van der Waals surface area contributed by atoms with Gasteiger partial charge in [0.15, 0.2) is 0 Å². The molecule has 1 saturated heterocycles. The van der Waals surface area contributed by atoms with Gasteiger partial charge in [-0.05, 0) is 69.5 Å². The van der Waals surface area contributed by atoms with Crippen LogP contribution in [-0.2, 0) is 0 Å². The van der Waals surface area contributed by atoms with Crippen LogP contribution in [0.25, 0.3) is 10.9 Å². The number of hydrogen-bond acceptors (Lipinski definition) is 3. The van der Waals surface area contributed by atoms with Gasteiger partial charge in [-0.1, -0.05) is 18.5 Å². The second-order valence-corrected chi connectivity index (χ2v) is 8.12. The summed E-state index contributed by atoms with van der Waals surface area (Å²) in [6.07, 6.45) is 2.53. The van der Waals surface area contributed by atoms with E-state index in [4.69, 9.17) is 11.6 Å². The van der Waals surface area contributed by atoms with Crippen molar-refractivity contribution in [2.45, 2.75) is 39.2 Å². The third-order valence-electron chi connectivity index (χ3n) is 5.11. The van der Waals surface area contributed by atoms with Gasteiger partial charge in [0.1, 0.15) is 5.15 Å². The molecule has 1 unspecified atom stereocenters. The molecule has 1 aromatic heterocycles. The van der Waals surface area contributed by atoms with E-state index in [2.05, 4.69) is 36.0 Å². The molecule has 0 spiro atoms. The Hall–Kier alpha value is -1.65. The fourth-order valence-corrected chi connectivity index (χ4v) is 3.65. The van der Waals surface area contributed by atoms with Crippen LogP contribution in [0.15, 0.2) is 30.3 Å². The van der Waals surface area contributed by atoms with E-state index in [9.17, 15) is 4.79 Å². The first-order valence-corrected chi connectivity index (χ1v) is 9.32. The summed E-state index contributed by atoms with van der Waals surface area (Å²) in [6, 6.07) is 9.14. The summed E-state index contributed by atoms with van der Waals surface area (Å²) in [4.78, 5) is 19.3. The average molecular weight is 360 g/mol. The van der Waals surface area contributed by atoms with Crippen molar-refractivity contribution in [2.24, 2.45) is 5.92 Å². The second-order valence-electron chi connectivity index (χ2n) is 7.73. The van der Waals surface area contributed by atoms with Crippen LogP contribution in [0.2, 0.25) is 5.15 Å². The molecule has 2 heterocycles. The summed E-state index contributed by atoms with van der Waals surface area (Å²) in [7, 11) is 0. The number of piperidine rings is 1. The van der Waals surface area contributed by atoms with Gasteiger partial charge in [0.2, 0.25) is 0 Å². The van der Waals surface area contributed by atoms with Gasteiger partial charge in [-0.25, -0.2) is 4.98 Å². The molecular formula is C20H26ClN3O. The molecule has 1 N–H and O–H groups in total. The molecule has 2 aromatic rings. The number of nitrogens with one attached hydrogen (secondary N) is 1. The third-order valence-corrected chi connectivity index (χ3v) is 5.32. The summed E-state index contributed by atoms with van der Waals surface area (Å²) in [5, 5.41) is 4.48. The zero-order valence-electron chi connectivity index (χ0n) is 15.2. The number of amides is 1. The lowest BCUT2D eigenvalue weighted by Gasteiger charge is -2.43. The van der Waals surface area contributed by atoms with E-state index in [-0.39, 0.29) is 11.4 Å². The monoisotopic (exact) mass is 359 g/mol. The van der Waals surface area contributed by atoms with Crippen LogP contribution in [0.4, 0.5) is 0 Å². The smallest absolute Gasteiger partial charge is 0.251 e. The molecule has 0 saturated carbocycles. The Kier molecular flexibility index (Phi) is 5.30. The quantitative estimate of drug-likeness (QED) is 0.835. The molecular weight excluding hydrogens is 334 g/mol. The molecule has 25 heavy (non-hydrogen) atoms. The average Bonchev–Trinajstić information content (AvgIpc) is 2.59. The normalized spacial score (nSPS) is 19.1. The summed E-state index contributed by atoms with van der Waals surface area (Å²) in [5.74, 6) is 0.679. The number of likely N-dealkylation sites (tertiary alicyclic amines) is 1. The van der Waals surface area contributed by atoms with Gasteiger partial charge < -0.3 is 5.32 Å². The van der Waals surface area contributed by atoms with Crippen molar-refractivity contribution >= 4 is 28.4 Å². The fraction of sp³-hybridized carbons (Fsp3) is 0.500. The molecule has 1 aliphatic rings. The van der Waals surface area contributed by atoms with Gasteiger partial charge in [-0.15, -0.1) is 0 Å². The Balaban J connectivity index is 1.66. The Morgan fingerprint density at radius 3 is 2.92 bits per heavy atom. The van der Waals surface area contributed by atoms with E-state index in [0.29, 0.717) is 17.3 Å². The Labute approximate surface area is 154 Å². The Morgan fingerprint density at radius 2 is 2.16 bits per heavy atom. The highest BCUT2D eigenvalue weighted by atomic mass is 35.5. The summed E-state index contributed by atoms with van der Waals surface area (Å²) >= 11 is 5.91. The van der Waals surface area contributed by atoms with E-state index in [1.165, 1.54) is 12.8 Å². The molecule has 1 aliphatic heterocycles. The highest BCUT2D eigenvalue weighted by molar-refractivity contribution is 6.29. The van der Waals surface area contributed by atoms with Crippen LogP contribution in [0, 0.1) is 5.92 Å². The highest BCUT2D eigenvalue weighted by Gasteiger charge is 2.30. The number of rotatable bonds is 4. The molecule has 1 aromatic carbocycles. The van der Waals surface area contributed by atoms with Crippen molar-refractivity contribution in [3.63, 3.8) is 0 Å². The van der Waals surface area contributed by atoms with Crippen molar-refractivity contribution in [2.75, 3.05) is 19.6 Å². The molecule has 3 rings (SSSR count). The number of nitrogens with zero attached hydrogens (tertiary/aromatic N) is 2. The number of pyridine rings is 1. The molecule has 5 heteroatoms. The van der Waals surface area contributed by atoms with Crippen LogP contribution in [0.3, 0.4) is 0 Å². The number of aromatic nitrogens is 1. The standard InChI is InChI=1S/C20H26ClN3O/c1-14-5-4-10-24(12-14)20(2,3)13-22-19(25)16-6-8-17-15(11-16)7-9-18(21)23-17/h6-9,11,14H,4-5,10,12-13H2,1-3H3,(H,22,25). The second kappa shape index (κ2) is 7.30. The molecule has 4 nitrogen and oxygen atoms in total. The number of carbonyl (C=O) groups excluding carboxylic acids is 1. The van der Waals surface area contributed by atoms with Crippen molar-refractivity contribution in [1.29, 1.82) is 0 Å². The Morgan fingerprint density at radius 1 is 1.36 bits per heavy atom. The Bertz CT molecular complexity index is 775. The van der Waals surface area contributed by atoms with Crippen LogP contribution < -0.4 is 5.32 Å². The van der Waals surface area contributed by atoms with Gasteiger partial charge in [0.25, 0.3) is 5.91 Å². The molecule has 1 amide bonds. The molecule has 134 valence electrons. The summed E-state index contributed by atoms with van der Waals surface area (Å²) < 4.78 is 0. The predicted molar refractivity (Wildman–Crippen MR) is 103 cm³/mol. The van der Waals surface area contributed by atoms with Crippen LogP contribution in [0.5, 0.6) is 0 Å². The first-order valence-electron chi connectivity index (χ1n) is 8.95. The fourth-order valence-electron chi connectivity index (χ4n) is 3.49. The number of carbonyl (C=O) groups is 1. The number of halogens is 1. The maximum atomic E-state index is 12.6. The van der Waals surface area contributed by atoms with Gasteiger partial charge in [-0.2, -0.15) is 0 Å². The SMILES string of the molecule is CC1CCCN(C(C)(C)CNC(=O)c2ccc3nc(Cl)ccc3c2)C1. The van der Waals surface area contributed by atoms with Gasteiger partial charge in [-0.3, -0.25) is 9.69 Å². The predicted octanol–water partition coefficient (Wildman–Crippen LogP) is 4.13. The van der Waals surface area contributed by atoms with Crippen molar-refractivity contribution in [1.82, 2.24) is 15.2 Å². The molecule has 0 radical (unpaired) electrons. The highest BCUT2D eigenvalue weighted by Crippen LogP contribution is 2.23. The third kappa shape index (κ3) is 4.31. The summed E-state index contributed by atoms with van der Waals surface area (Å²) in [5.41, 5.74) is 1.40. The minimum Gasteiger partial charge on any atom is -0.350 e. The van der Waals surface area contributed by atoms with E-state index in [0.717, 1.165) is 29.9 Å². The molecule has 1 atom stereocenters. The number of benzene rings is 1. The van der Waals surface area contributed by atoms with Crippen molar-refractivity contribution < 1.29 is 4.79 Å². The van der Waals surface area contributed by atoms with E-state index in [1.54, 1.807) is 12.1 Å².